The van der Waals surface area contributed by atoms with E-state index in [9.17, 15) is 9.59 Å². The quantitative estimate of drug-likeness (QED) is 0.801. The molecule has 0 radical (unpaired) electrons. The first kappa shape index (κ1) is 13.0. The summed E-state index contributed by atoms with van der Waals surface area (Å²) in [4.78, 5) is 24.5. The maximum atomic E-state index is 12.1. The van der Waals surface area contributed by atoms with Gasteiger partial charge >= 0.3 is 5.97 Å². The van der Waals surface area contributed by atoms with Gasteiger partial charge in [0.15, 0.2) is 0 Å². The number of hydrogen-bond donors (Lipinski definition) is 1. The predicted molar refractivity (Wildman–Crippen MR) is 61.1 cm³/mol. The van der Waals surface area contributed by atoms with Crippen LogP contribution in [0.15, 0.2) is 0 Å². The van der Waals surface area contributed by atoms with Crippen molar-refractivity contribution in [1.82, 2.24) is 4.90 Å². The molecule has 0 bridgehead atoms. The monoisotopic (exact) mass is 227 g/mol. The van der Waals surface area contributed by atoms with Crippen molar-refractivity contribution in [1.29, 1.82) is 0 Å². The van der Waals surface area contributed by atoms with Crippen LogP contribution >= 0.6 is 0 Å². The van der Waals surface area contributed by atoms with Gasteiger partial charge in [0.25, 0.3) is 0 Å². The molecule has 1 amide bonds. The van der Waals surface area contributed by atoms with Crippen molar-refractivity contribution in [3.63, 3.8) is 0 Å². The summed E-state index contributed by atoms with van der Waals surface area (Å²) in [5.41, 5.74) is -0.154. The molecule has 0 aromatic rings. The van der Waals surface area contributed by atoms with E-state index in [0.29, 0.717) is 6.42 Å². The molecule has 0 aromatic heterocycles. The fourth-order valence-electron chi connectivity index (χ4n) is 2.18. The number of aliphatic carboxylic acids is 1. The molecule has 16 heavy (non-hydrogen) atoms. The molecule has 1 N–H and O–H groups in total. The number of rotatable bonds is 3. The van der Waals surface area contributed by atoms with Gasteiger partial charge in [-0.25, -0.2) is 0 Å². The lowest BCUT2D eigenvalue weighted by Gasteiger charge is -2.41. The average molecular weight is 227 g/mol. The molecule has 0 aromatic carbocycles. The summed E-state index contributed by atoms with van der Waals surface area (Å²) in [6.45, 7) is 6.85. The number of nitrogens with zero attached hydrogens (tertiary/aromatic N) is 1. The van der Waals surface area contributed by atoms with Crippen LogP contribution in [0.4, 0.5) is 0 Å². The second kappa shape index (κ2) is 4.85. The fourth-order valence-corrected chi connectivity index (χ4v) is 2.18. The zero-order chi connectivity index (χ0) is 12.3. The normalized spacial score (nSPS) is 22.3. The lowest BCUT2D eigenvalue weighted by Crippen LogP contribution is -2.51. The molecule has 0 spiro atoms. The van der Waals surface area contributed by atoms with Crippen molar-refractivity contribution >= 4 is 11.9 Å². The van der Waals surface area contributed by atoms with Crippen LogP contribution in [0.1, 0.15) is 46.5 Å². The fraction of sp³-hybridized carbons (Fsp3) is 0.833. The first-order valence-electron chi connectivity index (χ1n) is 5.85. The number of carboxylic acid groups (broad SMARTS) is 1. The molecule has 0 saturated carbocycles. The van der Waals surface area contributed by atoms with Crippen LogP contribution in [0, 0.1) is 5.92 Å². The van der Waals surface area contributed by atoms with Gasteiger partial charge in [0.05, 0.1) is 0 Å². The van der Waals surface area contributed by atoms with Crippen molar-refractivity contribution in [2.45, 2.75) is 52.0 Å². The van der Waals surface area contributed by atoms with Crippen molar-refractivity contribution in [3.8, 4) is 0 Å². The molecule has 1 aliphatic rings. The lowest BCUT2D eigenvalue weighted by molar-refractivity contribution is -0.144. The van der Waals surface area contributed by atoms with E-state index >= 15 is 0 Å². The van der Waals surface area contributed by atoms with E-state index in [0.717, 1.165) is 19.4 Å². The standard InChI is InChI=1S/C12H21NO3/c1-12(2,3)13-8-4-5-9(11(13)16)6-7-10(14)15/h9H,4-8H2,1-3H3,(H,14,15). The molecule has 0 aliphatic carbocycles. The van der Waals surface area contributed by atoms with Gasteiger partial charge in [0.2, 0.25) is 5.91 Å². The van der Waals surface area contributed by atoms with Gasteiger partial charge in [-0.05, 0) is 40.0 Å². The number of carbonyl (C=O) groups is 2. The molecule has 1 fully saturated rings. The van der Waals surface area contributed by atoms with Gasteiger partial charge in [-0.3, -0.25) is 9.59 Å². The number of carbonyl (C=O) groups excluding carboxylic acids is 1. The third-order valence-corrected chi connectivity index (χ3v) is 3.07. The van der Waals surface area contributed by atoms with Gasteiger partial charge in [0.1, 0.15) is 0 Å². The largest absolute Gasteiger partial charge is 0.481 e. The number of likely N-dealkylation sites (tertiary alicyclic amines) is 1. The molecular formula is C12H21NO3. The summed E-state index contributed by atoms with van der Waals surface area (Å²) in [5.74, 6) is -0.787. The lowest BCUT2D eigenvalue weighted by atomic mass is 9.89. The highest BCUT2D eigenvalue weighted by Crippen LogP contribution is 2.27. The smallest absolute Gasteiger partial charge is 0.303 e. The molecule has 1 unspecified atom stereocenters. The number of amides is 1. The minimum Gasteiger partial charge on any atom is -0.481 e. The summed E-state index contributed by atoms with van der Waals surface area (Å²) in [6.07, 6.45) is 2.38. The van der Waals surface area contributed by atoms with Crippen LogP contribution in [0.5, 0.6) is 0 Å². The Morgan fingerprint density at radius 3 is 2.62 bits per heavy atom. The number of piperidine rings is 1. The molecule has 4 nitrogen and oxygen atoms in total. The van der Waals surface area contributed by atoms with Crippen molar-refractivity contribution in [3.05, 3.63) is 0 Å². The van der Waals surface area contributed by atoms with E-state index in [1.165, 1.54) is 0 Å². The average Bonchev–Trinajstić information content (AvgIpc) is 2.14. The van der Waals surface area contributed by atoms with E-state index in [2.05, 4.69) is 0 Å². The maximum Gasteiger partial charge on any atom is 0.303 e. The van der Waals surface area contributed by atoms with E-state index in [1.807, 2.05) is 25.7 Å². The first-order valence-corrected chi connectivity index (χ1v) is 5.85. The Kier molecular flexibility index (Phi) is 3.94. The molecule has 1 saturated heterocycles. The zero-order valence-corrected chi connectivity index (χ0v) is 10.3. The molecular weight excluding hydrogens is 206 g/mol. The summed E-state index contributed by atoms with van der Waals surface area (Å²) in [5, 5.41) is 8.63. The zero-order valence-electron chi connectivity index (χ0n) is 10.3. The number of hydrogen-bond acceptors (Lipinski definition) is 2. The Bertz CT molecular complexity index is 280. The second-order valence-electron chi connectivity index (χ2n) is 5.43. The van der Waals surface area contributed by atoms with Crippen LogP contribution in [-0.2, 0) is 9.59 Å². The van der Waals surface area contributed by atoms with Crippen LogP contribution < -0.4 is 0 Å². The third-order valence-electron chi connectivity index (χ3n) is 3.07. The summed E-state index contributed by atoms with van der Waals surface area (Å²) >= 11 is 0. The molecule has 4 heteroatoms. The SMILES string of the molecule is CC(C)(C)N1CCCC(CCC(=O)O)C1=O. The van der Waals surface area contributed by atoms with E-state index in [4.69, 9.17) is 5.11 Å². The Morgan fingerprint density at radius 2 is 2.12 bits per heavy atom. The van der Waals surface area contributed by atoms with Crippen molar-refractivity contribution in [2.24, 2.45) is 5.92 Å². The highest BCUT2D eigenvalue weighted by molar-refractivity contribution is 5.80. The van der Waals surface area contributed by atoms with Gasteiger partial charge < -0.3 is 10.0 Å². The molecule has 1 atom stereocenters. The predicted octanol–water partition coefficient (Wildman–Crippen LogP) is 1.89. The first-order chi connectivity index (χ1) is 7.32. The van der Waals surface area contributed by atoms with Crippen molar-refractivity contribution < 1.29 is 14.7 Å². The molecule has 1 heterocycles. The van der Waals surface area contributed by atoms with Gasteiger partial charge in [-0.1, -0.05) is 0 Å². The van der Waals surface area contributed by atoms with Crippen LogP contribution in [0.3, 0.4) is 0 Å². The van der Waals surface area contributed by atoms with E-state index in [-0.39, 0.29) is 23.8 Å². The topological polar surface area (TPSA) is 57.6 Å². The molecule has 1 rings (SSSR count). The van der Waals surface area contributed by atoms with Crippen LogP contribution in [-0.4, -0.2) is 34.0 Å². The summed E-state index contributed by atoms with van der Waals surface area (Å²) < 4.78 is 0. The number of carboxylic acids is 1. The van der Waals surface area contributed by atoms with E-state index < -0.39 is 5.97 Å². The minimum atomic E-state index is -0.819. The highest BCUT2D eigenvalue weighted by Gasteiger charge is 2.34. The molecule has 92 valence electrons. The van der Waals surface area contributed by atoms with Gasteiger partial charge in [0, 0.05) is 24.4 Å². The Balaban J connectivity index is 2.61. The van der Waals surface area contributed by atoms with Crippen LogP contribution in [0.25, 0.3) is 0 Å². The van der Waals surface area contributed by atoms with Crippen molar-refractivity contribution in [2.75, 3.05) is 6.54 Å². The molecule has 1 aliphatic heterocycles. The van der Waals surface area contributed by atoms with Crippen LogP contribution in [0.2, 0.25) is 0 Å². The highest BCUT2D eigenvalue weighted by atomic mass is 16.4. The third kappa shape index (κ3) is 3.22. The maximum absolute atomic E-state index is 12.1. The second-order valence-corrected chi connectivity index (χ2v) is 5.43. The Hall–Kier alpha value is -1.06. The van der Waals surface area contributed by atoms with E-state index in [1.54, 1.807) is 0 Å². The Morgan fingerprint density at radius 1 is 1.50 bits per heavy atom. The Labute approximate surface area is 96.6 Å². The summed E-state index contributed by atoms with van der Waals surface area (Å²) in [7, 11) is 0. The summed E-state index contributed by atoms with van der Waals surface area (Å²) in [6, 6.07) is 0. The minimum absolute atomic E-state index is 0.0917. The van der Waals surface area contributed by atoms with Gasteiger partial charge in [-0.2, -0.15) is 0 Å². The van der Waals surface area contributed by atoms with Gasteiger partial charge in [-0.15, -0.1) is 0 Å².